The quantitative estimate of drug-likeness (QED) is 0.508. The van der Waals surface area contributed by atoms with Crippen LogP contribution in [0.2, 0.25) is 0 Å². The second-order valence-corrected chi connectivity index (χ2v) is 7.89. The number of hydrogen-bond acceptors (Lipinski definition) is 5. The number of aromatic nitrogens is 2. The van der Waals surface area contributed by atoms with Crippen molar-refractivity contribution in [2.75, 3.05) is 18.4 Å². The van der Waals surface area contributed by atoms with Gasteiger partial charge in [0.05, 0.1) is 5.39 Å². The molecular weight excluding hydrogens is 408 g/mol. The topological polar surface area (TPSA) is 89.6 Å². The molecular formula is C24H22N4O4. The van der Waals surface area contributed by atoms with Gasteiger partial charge in [-0.3, -0.25) is 14.3 Å². The van der Waals surface area contributed by atoms with Gasteiger partial charge in [0.15, 0.2) is 11.6 Å². The van der Waals surface area contributed by atoms with Crippen LogP contribution in [0.3, 0.4) is 0 Å². The lowest BCUT2D eigenvalue weighted by Gasteiger charge is -2.29. The lowest BCUT2D eigenvalue weighted by Crippen LogP contribution is -2.41. The number of rotatable bonds is 5. The molecule has 8 heteroatoms. The van der Waals surface area contributed by atoms with E-state index in [0.29, 0.717) is 33.8 Å². The Morgan fingerprint density at radius 2 is 1.88 bits per heavy atom. The molecule has 1 aliphatic heterocycles. The zero-order valence-corrected chi connectivity index (χ0v) is 17.8. The summed E-state index contributed by atoms with van der Waals surface area (Å²) in [7, 11) is 1.77. The molecule has 0 aliphatic carbocycles. The van der Waals surface area contributed by atoms with E-state index >= 15 is 0 Å². The number of nitrogens with one attached hydrogen (secondary N) is 1. The molecule has 1 N–H and O–H groups in total. The number of amides is 2. The van der Waals surface area contributed by atoms with E-state index in [4.69, 9.17) is 9.15 Å². The van der Waals surface area contributed by atoms with Crippen molar-refractivity contribution in [1.82, 2.24) is 14.7 Å². The number of benzene rings is 2. The largest absolute Gasteiger partial charge is 0.457 e. The number of fused-ring (bicyclic) bond motifs is 1. The fraction of sp³-hybridized carbons (Fsp3) is 0.208. The Morgan fingerprint density at radius 3 is 2.53 bits per heavy atom. The maximum Gasteiger partial charge on any atom is 0.289 e. The maximum atomic E-state index is 12.9. The molecule has 3 heterocycles. The first-order valence-corrected chi connectivity index (χ1v) is 10.4. The Kier molecular flexibility index (Phi) is 4.89. The molecule has 0 spiro atoms. The Hall–Kier alpha value is -4.07. The van der Waals surface area contributed by atoms with Gasteiger partial charge in [0.2, 0.25) is 0 Å². The number of carbonyl (C=O) groups is 2. The normalized spacial score (nSPS) is 13.1. The lowest BCUT2D eigenvalue weighted by atomic mass is 10.1. The summed E-state index contributed by atoms with van der Waals surface area (Å²) in [6.07, 6.45) is 2.73. The van der Waals surface area contributed by atoms with E-state index in [9.17, 15) is 9.59 Å². The first-order valence-electron chi connectivity index (χ1n) is 10.4. The van der Waals surface area contributed by atoms with Crippen LogP contribution in [-0.4, -0.2) is 39.6 Å². The van der Waals surface area contributed by atoms with Crippen molar-refractivity contribution >= 4 is 28.6 Å². The Morgan fingerprint density at radius 1 is 1.09 bits per heavy atom. The number of hydrogen-bond donors (Lipinski definition) is 1. The van der Waals surface area contributed by atoms with E-state index in [1.807, 2.05) is 31.2 Å². The van der Waals surface area contributed by atoms with Gasteiger partial charge in [-0.15, -0.1) is 0 Å². The van der Waals surface area contributed by atoms with Crippen LogP contribution in [0.15, 0.2) is 59.1 Å². The third kappa shape index (κ3) is 3.82. The Balaban J connectivity index is 1.53. The minimum Gasteiger partial charge on any atom is -0.457 e. The molecule has 1 saturated heterocycles. The highest BCUT2D eigenvalue weighted by Gasteiger charge is 2.26. The second-order valence-electron chi connectivity index (χ2n) is 7.89. The molecule has 0 radical (unpaired) electrons. The van der Waals surface area contributed by atoms with Gasteiger partial charge in [-0.05, 0) is 37.6 Å². The Bertz CT molecular complexity index is 1320. The molecule has 0 unspecified atom stereocenters. The van der Waals surface area contributed by atoms with Crippen molar-refractivity contribution in [3.63, 3.8) is 0 Å². The minimum absolute atomic E-state index is 0.159. The summed E-state index contributed by atoms with van der Waals surface area (Å²) in [4.78, 5) is 27.3. The van der Waals surface area contributed by atoms with Crippen LogP contribution in [0.5, 0.6) is 11.5 Å². The molecule has 32 heavy (non-hydrogen) atoms. The molecule has 5 rings (SSSR count). The molecule has 162 valence electrons. The first kappa shape index (κ1) is 19.9. The smallest absolute Gasteiger partial charge is 0.289 e. The molecule has 1 aliphatic rings. The highest BCUT2D eigenvalue weighted by Crippen LogP contribution is 2.35. The molecule has 2 amide bonds. The summed E-state index contributed by atoms with van der Waals surface area (Å²) in [5, 5.41) is 7.57. The van der Waals surface area contributed by atoms with Gasteiger partial charge in [-0.2, -0.15) is 5.10 Å². The standard InChI is InChI=1S/C24H22N4O4/c1-15-4-6-17(7-5-15)31-19-12-16(23(29)25-22-8-11-27(2)26-22)13-20-18(19)14-21(32-20)24(30)28-9-3-10-28/h4-8,11-14H,3,9-10H2,1-2H3,(H,25,26,29). The highest BCUT2D eigenvalue weighted by atomic mass is 16.5. The number of carbonyl (C=O) groups excluding carboxylic acids is 2. The number of aryl methyl sites for hydroxylation is 2. The molecule has 2 aromatic carbocycles. The number of nitrogens with zero attached hydrogens (tertiary/aromatic N) is 3. The SMILES string of the molecule is Cc1ccc(Oc2cc(C(=O)Nc3ccn(C)n3)cc3oc(C(=O)N4CCC4)cc23)cc1. The second kappa shape index (κ2) is 7.88. The summed E-state index contributed by atoms with van der Waals surface area (Å²) >= 11 is 0. The zero-order valence-electron chi connectivity index (χ0n) is 17.8. The van der Waals surface area contributed by atoms with Crippen LogP contribution in [0.4, 0.5) is 5.82 Å². The van der Waals surface area contributed by atoms with Gasteiger partial charge in [0.25, 0.3) is 11.8 Å². The van der Waals surface area contributed by atoms with E-state index in [1.54, 1.807) is 47.1 Å². The molecule has 0 bridgehead atoms. The van der Waals surface area contributed by atoms with Crippen LogP contribution in [0, 0.1) is 6.92 Å². The lowest BCUT2D eigenvalue weighted by molar-refractivity contribution is 0.0621. The van der Waals surface area contributed by atoms with E-state index < -0.39 is 0 Å². The molecule has 0 saturated carbocycles. The molecule has 1 fully saturated rings. The molecule has 8 nitrogen and oxygen atoms in total. The summed E-state index contributed by atoms with van der Waals surface area (Å²) in [5.74, 6) is 1.21. The fourth-order valence-electron chi connectivity index (χ4n) is 3.51. The van der Waals surface area contributed by atoms with E-state index in [0.717, 1.165) is 25.1 Å². The number of anilines is 1. The number of furan rings is 1. The summed E-state index contributed by atoms with van der Waals surface area (Å²) < 4.78 is 13.6. The predicted octanol–water partition coefficient (Wildman–Crippen LogP) is 4.37. The van der Waals surface area contributed by atoms with E-state index in [1.165, 1.54) is 0 Å². The van der Waals surface area contributed by atoms with Crippen molar-refractivity contribution in [3.8, 4) is 11.5 Å². The summed E-state index contributed by atoms with van der Waals surface area (Å²) in [6, 6.07) is 14.2. The van der Waals surface area contributed by atoms with Crippen molar-refractivity contribution < 1.29 is 18.7 Å². The van der Waals surface area contributed by atoms with Crippen molar-refractivity contribution in [2.24, 2.45) is 7.05 Å². The van der Waals surface area contributed by atoms with Gasteiger partial charge < -0.3 is 19.4 Å². The third-order valence-corrected chi connectivity index (χ3v) is 5.42. The Labute approximate surface area is 184 Å². The summed E-state index contributed by atoms with van der Waals surface area (Å²) in [5.41, 5.74) is 1.85. The van der Waals surface area contributed by atoms with Gasteiger partial charge >= 0.3 is 0 Å². The predicted molar refractivity (Wildman–Crippen MR) is 119 cm³/mol. The van der Waals surface area contributed by atoms with E-state index in [-0.39, 0.29) is 17.6 Å². The summed E-state index contributed by atoms with van der Waals surface area (Å²) in [6.45, 7) is 3.44. The van der Waals surface area contributed by atoms with Crippen LogP contribution >= 0.6 is 0 Å². The average molecular weight is 430 g/mol. The molecule has 4 aromatic rings. The number of ether oxygens (including phenoxy) is 1. The van der Waals surface area contributed by atoms with Gasteiger partial charge in [0, 0.05) is 44.0 Å². The third-order valence-electron chi connectivity index (χ3n) is 5.42. The van der Waals surface area contributed by atoms with Gasteiger partial charge in [0.1, 0.15) is 17.1 Å². The van der Waals surface area contributed by atoms with Crippen LogP contribution in [-0.2, 0) is 7.05 Å². The van der Waals surface area contributed by atoms with Crippen molar-refractivity contribution in [2.45, 2.75) is 13.3 Å². The van der Waals surface area contributed by atoms with Crippen molar-refractivity contribution in [1.29, 1.82) is 0 Å². The average Bonchev–Trinajstić information content (AvgIpc) is 3.34. The molecule has 2 aromatic heterocycles. The van der Waals surface area contributed by atoms with Gasteiger partial charge in [-0.1, -0.05) is 17.7 Å². The van der Waals surface area contributed by atoms with Crippen molar-refractivity contribution in [3.05, 3.63) is 71.6 Å². The zero-order chi connectivity index (χ0) is 22.2. The first-order chi connectivity index (χ1) is 15.5. The van der Waals surface area contributed by atoms with E-state index in [2.05, 4.69) is 10.4 Å². The monoisotopic (exact) mass is 430 g/mol. The highest BCUT2D eigenvalue weighted by molar-refractivity contribution is 6.07. The van der Waals surface area contributed by atoms with Crippen LogP contribution in [0.1, 0.15) is 32.9 Å². The minimum atomic E-state index is -0.355. The maximum absolute atomic E-state index is 12.9. The van der Waals surface area contributed by atoms with Crippen LogP contribution < -0.4 is 10.1 Å². The van der Waals surface area contributed by atoms with Crippen LogP contribution in [0.25, 0.3) is 11.0 Å². The van der Waals surface area contributed by atoms with Gasteiger partial charge in [-0.25, -0.2) is 0 Å². The number of likely N-dealkylation sites (tertiary alicyclic amines) is 1. The fourth-order valence-corrected chi connectivity index (χ4v) is 3.51. The molecule has 0 atom stereocenters.